The number of benzene rings is 2. The minimum absolute atomic E-state index is 0.0344. The Morgan fingerprint density at radius 2 is 2.07 bits per heavy atom. The number of aromatic nitrogens is 2. The van der Waals surface area contributed by atoms with Crippen molar-refractivity contribution in [2.24, 2.45) is 5.10 Å². The van der Waals surface area contributed by atoms with Crippen molar-refractivity contribution in [3.63, 3.8) is 0 Å². The molecule has 1 heterocycles. The Labute approximate surface area is 187 Å². The van der Waals surface area contributed by atoms with Crippen molar-refractivity contribution < 1.29 is 4.79 Å². The highest BCUT2D eigenvalue weighted by Crippen LogP contribution is 2.20. The zero-order valence-corrected chi connectivity index (χ0v) is 18.4. The number of hydrogen-bond donors (Lipinski definition) is 1. The first-order valence-electron chi connectivity index (χ1n) is 8.89. The highest BCUT2D eigenvalue weighted by Gasteiger charge is 2.13. The summed E-state index contributed by atoms with van der Waals surface area (Å²) in [5.74, 6) is -0.308. The van der Waals surface area contributed by atoms with E-state index in [2.05, 4.69) is 22.1 Å². The summed E-state index contributed by atoms with van der Waals surface area (Å²) in [5, 5.41) is 5.83. The van der Waals surface area contributed by atoms with Gasteiger partial charge in [-0.3, -0.25) is 14.2 Å². The van der Waals surface area contributed by atoms with Gasteiger partial charge in [0.25, 0.3) is 11.5 Å². The second kappa shape index (κ2) is 9.93. The van der Waals surface area contributed by atoms with Gasteiger partial charge in [0.05, 0.1) is 27.9 Å². The smallest absolute Gasteiger partial charge is 0.262 e. The summed E-state index contributed by atoms with van der Waals surface area (Å²) in [4.78, 5) is 29.6. The molecule has 1 N–H and O–H groups in total. The molecule has 6 nitrogen and oxygen atoms in total. The molecule has 0 aliphatic carbocycles. The fourth-order valence-electron chi connectivity index (χ4n) is 2.61. The highest BCUT2D eigenvalue weighted by atomic mass is 35.5. The molecular formula is C21H18Cl2N4O2S. The molecule has 0 spiro atoms. The maximum absolute atomic E-state index is 12.8. The second-order valence-electron chi connectivity index (χ2n) is 6.51. The lowest BCUT2D eigenvalue weighted by Crippen LogP contribution is -2.25. The van der Waals surface area contributed by atoms with Gasteiger partial charge in [-0.25, -0.2) is 10.4 Å². The van der Waals surface area contributed by atoms with E-state index in [-0.39, 0.29) is 17.2 Å². The van der Waals surface area contributed by atoms with E-state index < -0.39 is 0 Å². The van der Waals surface area contributed by atoms with Crippen LogP contribution in [0.15, 0.2) is 69.7 Å². The van der Waals surface area contributed by atoms with E-state index in [1.165, 1.54) is 10.8 Å². The summed E-state index contributed by atoms with van der Waals surface area (Å²) in [6, 6.07) is 12.1. The highest BCUT2D eigenvalue weighted by molar-refractivity contribution is 7.99. The molecule has 9 heteroatoms. The van der Waals surface area contributed by atoms with Crippen LogP contribution in [-0.2, 0) is 11.3 Å². The third kappa shape index (κ3) is 5.50. The van der Waals surface area contributed by atoms with Crippen LogP contribution >= 0.6 is 35.0 Å². The number of thioether (sulfide) groups is 1. The standard InChI is InChI=1S/C21H18Cl2N4O2S/c1-13(2)11-27-20(29)16-5-3-4-6-18(16)25-21(27)30-12-19(28)26-24-10-14-7-8-15(22)9-17(14)23/h3-10H,1,11-12H2,2H3,(H,26,28)/b24-10-. The number of amides is 1. The first-order valence-corrected chi connectivity index (χ1v) is 10.6. The van der Waals surface area contributed by atoms with Crippen molar-refractivity contribution in [3.05, 3.63) is 80.6 Å². The molecule has 2 aromatic carbocycles. The second-order valence-corrected chi connectivity index (χ2v) is 8.29. The fourth-order valence-corrected chi connectivity index (χ4v) is 3.86. The average Bonchev–Trinajstić information content (AvgIpc) is 2.70. The molecule has 1 aromatic heterocycles. The molecule has 0 radical (unpaired) electrons. The minimum Gasteiger partial charge on any atom is -0.283 e. The van der Waals surface area contributed by atoms with E-state index in [9.17, 15) is 9.59 Å². The third-order valence-corrected chi connectivity index (χ3v) is 5.48. The number of carbonyl (C=O) groups is 1. The number of para-hydroxylation sites is 1. The van der Waals surface area contributed by atoms with Gasteiger partial charge in [-0.15, -0.1) is 0 Å². The normalized spacial score (nSPS) is 11.2. The minimum atomic E-state index is -0.342. The van der Waals surface area contributed by atoms with Crippen molar-refractivity contribution in [1.82, 2.24) is 15.0 Å². The average molecular weight is 461 g/mol. The number of fused-ring (bicyclic) bond motifs is 1. The monoisotopic (exact) mass is 460 g/mol. The summed E-state index contributed by atoms with van der Waals surface area (Å²) in [6.07, 6.45) is 1.44. The van der Waals surface area contributed by atoms with Crippen LogP contribution in [0.3, 0.4) is 0 Å². The van der Waals surface area contributed by atoms with Gasteiger partial charge in [-0.05, 0) is 31.2 Å². The van der Waals surface area contributed by atoms with E-state index >= 15 is 0 Å². The Bertz CT molecular complexity index is 1210. The SMILES string of the molecule is C=C(C)Cn1c(SCC(=O)N/N=C\c2ccc(Cl)cc2Cl)nc2ccccc2c1=O. The first-order chi connectivity index (χ1) is 14.3. The van der Waals surface area contributed by atoms with Gasteiger partial charge in [-0.1, -0.05) is 65.3 Å². The number of rotatable bonds is 7. The molecule has 0 fully saturated rings. The van der Waals surface area contributed by atoms with Crippen LogP contribution in [0, 0.1) is 0 Å². The fraction of sp³-hybridized carbons (Fsp3) is 0.143. The molecule has 0 aliphatic heterocycles. The lowest BCUT2D eigenvalue weighted by Gasteiger charge is -2.12. The van der Waals surface area contributed by atoms with Gasteiger partial charge < -0.3 is 0 Å². The molecule has 30 heavy (non-hydrogen) atoms. The summed E-state index contributed by atoms with van der Waals surface area (Å²) in [6.45, 7) is 6.04. The summed E-state index contributed by atoms with van der Waals surface area (Å²) in [7, 11) is 0. The largest absolute Gasteiger partial charge is 0.283 e. The van der Waals surface area contributed by atoms with Gasteiger partial charge in [-0.2, -0.15) is 5.10 Å². The van der Waals surface area contributed by atoms with Crippen molar-refractivity contribution in [3.8, 4) is 0 Å². The van der Waals surface area contributed by atoms with Crippen LogP contribution < -0.4 is 11.0 Å². The quantitative estimate of drug-likeness (QED) is 0.185. The molecule has 0 aliphatic rings. The molecule has 154 valence electrons. The molecule has 0 saturated carbocycles. The summed E-state index contributed by atoms with van der Waals surface area (Å²) < 4.78 is 1.53. The van der Waals surface area contributed by atoms with Crippen LogP contribution in [0.25, 0.3) is 10.9 Å². The zero-order valence-electron chi connectivity index (χ0n) is 16.1. The van der Waals surface area contributed by atoms with Gasteiger partial charge in [0.1, 0.15) is 0 Å². The molecule has 0 saturated heterocycles. The van der Waals surface area contributed by atoms with Crippen LogP contribution in [0.1, 0.15) is 12.5 Å². The first kappa shape index (κ1) is 22.1. The van der Waals surface area contributed by atoms with E-state index in [0.29, 0.717) is 38.2 Å². The van der Waals surface area contributed by atoms with Crippen molar-refractivity contribution in [2.45, 2.75) is 18.6 Å². The van der Waals surface area contributed by atoms with Crippen molar-refractivity contribution >= 4 is 58.0 Å². The van der Waals surface area contributed by atoms with Gasteiger partial charge in [0, 0.05) is 17.1 Å². The van der Waals surface area contributed by atoms with Crippen LogP contribution in [-0.4, -0.2) is 27.4 Å². The maximum atomic E-state index is 12.8. The number of carbonyl (C=O) groups excluding carboxylic acids is 1. The Morgan fingerprint density at radius 1 is 1.30 bits per heavy atom. The van der Waals surface area contributed by atoms with Gasteiger partial charge >= 0.3 is 0 Å². The number of allylic oxidation sites excluding steroid dienone is 1. The number of halogens is 2. The van der Waals surface area contributed by atoms with Gasteiger partial charge in [0.15, 0.2) is 5.16 Å². The van der Waals surface area contributed by atoms with Crippen LogP contribution in [0.2, 0.25) is 10.0 Å². The lowest BCUT2D eigenvalue weighted by atomic mass is 10.2. The van der Waals surface area contributed by atoms with Crippen LogP contribution in [0.4, 0.5) is 0 Å². The summed E-state index contributed by atoms with van der Waals surface area (Å²) >= 11 is 13.1. The topological polar surface area (TPSA) is 76.3 Å². The predicted octanol–water partition coefficient (Wildman–Crippen LogP) is 4.52. The Kier molecular flexibility index (Phi) is 7.31. The molecule has 0 unspecified atom stereocenters. The van der Waals surface area contributed by atoms with E-state index in [4.69, 9.17) is 23.2 Å². The number of nitrogens with one attached hydrogen (secondary N) is 1. The number of hydrogen-bond acceptors (Lipinski definition) is 5. The molecule has 0 atom stereocenters. The Hall–Kier alpha value is -2.61. The van der Waals surface area contributed by atoms with Crippen molar-refractivity contribution in [1.29, 1.82) is 0 Å². The molecule has 3 aromatic rings. The zero-order chi connectivity index (χ0) is 21.7. The lowest BCUT2D eigenvalue weighted by molar-refractivity contribution is -0.118. The molecule has 0 bridgehead atoms. The van der Waals surface area contributed by atoms with Gasteiger partial charge in [0.2, 0.25) is 0 Å². The van der Waals surface area contributed by atoms with Crippen LogP contribution in [0.5, 0.6) is 0 Å². The van der Waals surface area contributed by atoms with E-state index in [1.807, 2.05) is 13.0 Å². The Balaban J connectivity index is 1.72. The summed E-state index contributed by atoms with van der Waals surface area (Å²) in [5.41, 5.74) is 4.29. The number of nitrogens with zero attached hydrogens (tertiary/aromatic N) is 3. The molecule has 1 amide bonds. The van der Waals surface area contributed by atoms with E-state index in [0.717, 1.165) is 17.3 Å². The van der Waals surface area contributed by atoms with E-state index in [1.54, 1.807) is 36.4 Å². The predicted molar refractivity (Wildman–Crippen MR) is 124 cm³/mol. The molecule has 3 rings (SSSR count). The molecular weight excluding hydrogens is 443 g/mol. The number of hydrazone groups is 1. The Morgan fingerprint density at radius 3 is 2.80 bits per heavy atom. The maximum Gasteiger partial charge on any atom is 0.262 e. The van der Waals surface area contributed by atoms with Crippen molar-refractivity contribution in [2.75, 3.05) is 5.75 Å². The third-order valence-electron chi connectivity index (χ3n) is 3.94.